The minimum Gasteiger partial charge on any atom is -0.421 e. The maximum Gasteiger partial charge on any atom is 0.250 e. The molecule has 7 nitrogen and oxygen atoms in total. The van der Waals surface area contributed by atoms with Crippen LogP contribution < -0.4 is 5.32 Å². The average molecular weight is 497 g/mol. The van der Waals surface area contributed by atoms with Gasteiger partial charge in [-0.15, -0.1) is 10.2 Å². The molecule has 1 N–H and O–H groups in total. The van der Waals surface area contributed by atoms with Gasteiger partial charge in [-0.1, -0.05) is 37.6 Å². The summed E-state index contributed by atoms with van der Waals surface area (Å²) in [6.45, 7) is 10.1. The van der Waals surface area contributed by atoms with Gasteiger partial charge >= 0.3 is 0 Å². The molecule has 1 aliphatic carbocycles. The van der Waals surface area contributed by atoms with Gasteiger partial charge in [0.15, 0.2) is 0 Å². The van der Waals surface area contributed by atoms with Crippen LogP contribution in [-0.4, -0.2) is 46.5 Å². The highest BCUT2D eigenvalue weighted by Gasteiger charge is 2.33. The van der Waals surface area contributed by atoms with Crippen LogP contribution in [0.1, 0.15) is 52.8 Å². The van der Waals surface area contributed by atoms with Crippen molar-refractivity contribution < 1.29 is 18.4 Å². The third-order valence-corrected chi connectivity index (χ3v) is 7.90. The van der Waals surface area contributed by atoms with Gasteiger partial charge in [-0.05, 0) is 62.0 Å². The molecule has 0 radical (unpaired) electrons. The fourth-order valence-corrected chi connectivity index (χ4v) is 5.62. The molecular weight excluding hydrogens is 459 g/mol. The van der Waals surface area contributed by atoms with Gasteiger partial charge in [0.05, 0.1) is 5.56 Å². The molecule has 1 fully saturated rings. The van der Waals surface area contributed by atoms with Gasteiger partial charge in [0.25, 0.3) is 5.89 Å². The highest BCUT2D eigenvalue weighted by molar-refractivity contribution is 5.79. The monoisotopic (exact) mass is 496 g/mol. The van der Waals surface area contributed by atoms with Crippen molar-refractivity contribution in [3.63, 3.8) is 0 Å². The lowest BCUT2D eigenvalue weighted by Gasteiger charge is -2.37. The number of hydrogen-bond donors (Lipinski definition) is 1. The Morgan fingerprint density at radius 1 is 1.19 bits per heavy atom. The summed E-state index contributed by atoms with van der Waals surface area (Å²) >= 11 is 0. The summed E-state index contributed by atoms with van der Waals surface area (Å²) in [4.78, 5) is 26.2. The highest BCUT2D eigenvalue weighted by Crippen LogP contribution is 2.39. The summed E-state index contributed by atoms with van der Waals surface area (Å²) in [5, 5.41) is 11.5. The van der Waals surface area contributed by atoms with Crippen molar-refractivity contribution in [2.75, 3.05) is 19.6 Å². The third kappa shape index (κ3) is 6.02. The summed E-state index contributed by atoms with van der Waals surface area (Å²) < 4.78 is 19.9. The number of halogens is 1. The number of nitrogens with zero attached hydrogens (tertiary/aromatic N) is 3. The van der Waals surface area contributed by atoms with Crippen molar-refractivity contribution in [3.05, 3.63) is 47.6 Å². The van der Waals surface area contributed by atoms with Crippen LogP contribution in [0.15, 0.2) is 40.3 Å². The molecule has 2 heterocycles. The van der Waals surface area contributed by atoms with Gasteiger partial charge in [0.1, 0.15) is 5.82 Å². The molecule has 1 aromatic heterocycles. The zero-order chi connectivity index (χ0) is 25.8. The van der Waals surface area contributed by atoms with Crippen LogP contribution >= 0.6 is 0 Å². The molecule has 2 aliphatic rings. The lowest BCUT2D eigenvalue weighted by Crippen LogP contribution is -2.44. The van der Waals surface area contributed by atoms with Crippen molar-refractivity contribution in [1.29, 1.82) is 0 Å². The first kappa shape index (κ1) is 26.0. The second-order valence-corrected chi connectivity index (χ2v) is 10.6. The molecule has 194 valence electrons. The van der Waals surface area contributed by atoms with E-state index in [1.54, 1.807) is 25.1 Å². The fraction of sp³-hybridized carbons (Fsp3) is 0.571. The number of nitrogens with one attached hydrogen (secondary N) is 1. The van der Waals surface area contributed by atoms with Crippen LogP contribution in [-0.2, 0) is 16.0 Å². The first-order chi connectivity index (χ1) is 17.2. The maximum absolute atomic E-state index is 14.1. The normalized spacial score (nSPS) is 23.0. The number of rotatable bonds is 7. The molecule has 0 bridgehead atoms. The maximum atomic E-state index is 14.1. The highest BCUT2D eigenvalue weighted by atomic mass is 19.1. The van der Waals surface area contributed by atoms with E-state index >= 15 is 0 Å². The number of benzene rings is 1. The van der Waals surface area contributed by atoms with Crippen molar-refractivity contribution in [2.24, 2.45) is 29.6 Å². The molecule has 4 rings (SSSR count). The van der Waals surface area contributed by atoms with Crippen molar-refractivity contribution >= 4 is 11.8 Å². The van der Waals surface area contributed by atoms with E-state index in [-0.39, 0.29) is 41.3 Å². The van der Waals surface area contributed by atoms with Gasteiger partial charge in [0, 0.05) is 38.9 Å². The topological polar surface area (TPSA) is 88.3 Å². The Kier molecular flexibility index (Phi) is 8.21. The Morgan fingerprint density at radius 2 is 1.92 bits per heavy atom. The lowest BCUT2D eigenvalue weighted by molar-refractivity contribution is -0.134. The Hall–Kier alpha value is -3.03. The molecule has 2 amide bonds. The summed E-state index contributed by atoms with van der Waals surface area (Å²) in [5.74, 6) is 1.87. The molecule has 2 aromatic rings. The van der Waals surface area contributed by atoms with E-state index in [2.05, 4.69) is 42.4 Å². The molecule has 0 spiro atoms. The Bertz CT molecular complexity index is 1100. The Labute approximate surface area is 212 Å². The minimum absolute atomic E-state index is 0.0271. The van der Waals surface area contributed by atoms with Gasteiger partial charge in [-0.2, -0.15) is 0 Å². The number of amides is 2. The first-order valence-electron chi connectivity index (χ1n) is 13.0. The molecule has 3 atom stereocenters. The molecule has 8 heteroatoms. The fourth-order valence-electron chi connectivity index (χ4n) is 5.62. The number of allylic oxidation sites excluding steroid dienone is 1. The van der Waals surface area contributed by atoms with Crippen molar-refractivity contribution in [1.82, 2.24) is 20.4 Å². The Balaban J connectivity index is 1.37. The second-order valence-electron chi connectivity index (χ2n) is 10.6. The molecule has 1 aromatic carbocycles. The molecule has 0 unspecified atom stereocenters. The van der Waals surface area contributed by atoms with Crippen LogP contribution in [0.2, 0.25) is 0 Å². The summed E-state index contributed by atoms with van der Waals surface area (Å²) in [6, 6.07) is 6.40. The van der Waals surface area contributed by atoms with Gasteiger partial charge < -0.3 is 14.6 Å². The summed E-state index contributed by atoms with van der Waals surface area (Å²) in [6.07, 6.45) is 5.32. The SMILES string of the molecule is CC(=O)N1CCC(C(=O)NC[C@@H]2C=C(C)[C@H](Cc3nnc(-c4ccccc4F)o3)C[C@H]2C(C)C)CC1. The van der Waals surface area contributed by atoms with E-state index in [1.807, 2.05) is 4.90 Å². The molecular formula is C28H37FN4O3. The van der Waals surface area contributed by atoms with Gasteiger partial charge in [-0.3, -0.25) is 9.59 Å². The minimum atomic E-state index is -0.379. The van der Waals surface area contributed by atoms with Crippen molar-refractivity contribution in [2.45, 2.75) is 53.4 Å². The average Bonchev–Trinajstić information content (AvgIpc) is 3.32. The Morgan fingerprint density at radius 3 is 2.58 bits per heavy atom. The molecule has 1 aliphatic heterocycles. The van der Waals surface area contributed by atoms with Crippen LogP contribution in [0.3, 0.4) is 0 Å². The largest absolute Gasteiger partial charge is 0.421 e. The van der Waals surface area contributed by atoms with E-state index in [0.29, 0.717) is 49.3 Å². The second kappa shape index (κ2) is 11.4. The third-order valence-electron chi connectivity index (χ3n) is 7.90. The number of likely N-dealkylation sites (tertiary alicyclic amines) is 1. The number of aromatic nitrogens is 2. The van der Waals surface area contributed by atoms with Gasteiger partial charge in [-0.25, -0.2) is 4.39 Å². The predicted molar refractivity (Wildman–Crippen MR) is 135 cm³/mol. The van der Waals surface area contributed by atoms with Crippen LogP contribution in [0.4, 0.5) is 4.39 Å². The van der Waals surface area contributed by atoms with E-state index in [0.717, 1.165) is 19.3 Å². The smallest absolute Gasteiger partial charge is 0.250 e. The number of carbonyl (C=O) groups excluding carboxylic acids is 2. The van der Waals surface area contributed by atoms with E-state index in [1.165, 1.54) is 11.6 Å². The van der Waals surface area contributed by atoms with Crippen LogP contribution in [0, 0.1) is 35.4 Å². The van der Waals surface area contributed by atoms with Gasteiger partial charge in [0.2, 0.25) is 17.7 Å². The quantitative estimate of drug-likeness (QED) is 0.564. The zero-order valence-electron chi connectivity index (χ0n) is 21.7. The first-order valence-corrected chi connectivity index (χ1v) is 13.0. The standard InChI is InChI=1S/C28H37FN4O3/c1-17(2)24-14-21(15-26-31-32-28(36-26)23-7-5-6-8-25(23)29)18(3)13-22(24)16-30-27(35)20-9-11-33(12-10-20)19(4)34/h5-8,13,17,20-22,24H,9-12,14-16H2,1-4H3,(H,30,35)/t21-,22-,24-/m0/s1. The number of carbonyl (C=O) groups is 2. The number of piperidine rings is 1. The number of hydrogen-bond acceptors (Lipinski definition) is 5. The zero-order valence-corrected chi connectivity index (χ0v) is 21.7. The predicted octanol–water partition coefficient (Wildman–Crippen LogP) is 4.65. The summed E-state index contributed by atoms with van der Waals surface area (Å²) in [5.41, 5.74) is 1.57. The molecule has 36 heavy (non-hydrogen) atoms. The van der Waals surface area contributed by atoms with E-state index in [9.17, 15) is 14.0 Å². The van der Waals surface area contributed by atoms with Crippen LogP contribution in [0.25, 0.3) is 11.5 Å². The summed E-state index contributed by atoms with van der Waals surface area (Å²) in [7, 11) is 0. The molecule has 1 saturated heterocycles. The van der Waals surface area contributed by atoms with E-state index < -0.39 is 0 Å². The van der Waals surface area contributed by atoms with Crippen LogP contribution in [0.5, 0.6) is 0 Å². The van der Waals surface area contributed by atoms with E-state index in [4.69, 9.17) is 4.42 Å². The molecule has 0 saturated carbocycles. The van der Waals surface area contributed by atoms with Crippen molar-refractivity contribution in [3.8, 4) is 11.5 Å². The lowest BCUT2D eigenvalue weighted by atomic mass is 9.70.